The van der Waals surface area contributed by atoms with Gasteiger partial charge in [0.1, 0.15) is 0 Å². The minimum Gasteiger partial charge on any atom is -0.478 e. The third-order valence-electron chi connectivity index (χ3n) is 2.63. The summed E-state index contributed by atoms with van der Waals surface area (Å²) in [5, 5.41) is 16.6. The van der Waals surface area contributed by atoms with E-state index in [-0.39, 0.29) is 0 Å². The van der Waals surface area contributed by atoms with Crippen LogP contribution in [0.1, 0.15) is 31.7 Å². The fourth-order valence-corrected chi connectivity index (χ4v) is 1.47. The van der Waals surface area contributed by atoms with Crippen LogP contribution in [0.2, 0.25) is 0 Å². The summed E-state index contributed by atoms with van der Waals surface area (Å²) in [7, 11) is 0. The Morgan fingerprint density at radius 3 is 2.23 bits per heavy atom. The number of unbranched alkanes of at least 4 members (excludes halogenated alkanes) is 1. The molecule has 0 fully saturated rings. The van der Waals surface area contributed by atoms with Gasteiger partial charge < -0.3 is 10.2 Å². The minimum atomic E-state index is -0.981. The van der Waals surface area contributed by atoms with Crippen LogP contribution in [0.5, 0.6) is 0 Å². The zero-order valence-corrected chi connectivity index (χ0v) is 12.7. The molecule has 1 aromatic rings. The van der Waals surface area contributed by atoms with Crippen molar-refractivity contribution in [3.63, 3.8) is 0 Å². The molecule has 0 aliphatic rings. The van der Waals surface area contributed by atoms with Crippen LogP contribution in [0.25, 0.3) is 6.08 Å². The third kappa shape index (κ3) is 10.2. The van der Waals surface area contributed by atoms with Crippen LogP contribution >= 0.6 is 0 Å². The molecule has 0 aliphatic carbocycles. The van der Waals surface area contributed by atoms with Gasteiger partial charge in [-0.15, -0.1) is 0 Å². The Kier molecular flexibility index (Phi) is 10.7. The molecule has 0 amide bonds. The SMILES string of the molecule is C=CC(=O)O.CCCCC(=CC=Cc1ccccc1)C(=O)O. The highest BCUT2D eigenvalue weighted by molar-refractivity contribution is 5.87. The molecule has 22 heavy (non-hydrogen) atoms. The van der Waals surface area contributed by atoms with E-state index >= 15 is 0 Å². The van der Waals surface area contributed by atoms with Gasteiger partial charge in [0, 0.05) is 11.6 Å². The molecule has 1 aromatic carbocycles. The Hall–Kier alpha value is -2.62. The number of aliphatic carboxylic acids is 2. The van der Waals surface area contributed by atoms with Crippen molar-refractivity contribution in [1.29, 1.82) is 0 Å². The molecule has 4 heteroatoms. The lowest BCUT2D eigenvalue weighted by Crippen LogP contribution is -1.99. The molecular formula is C18H22O4. The van der Waals surface area contributed by atoms with Crippen molar-refractivity contribution in [1.82, 2.24) is 0 Å². The molecule has 0 unspecified atom stereocenters. The fraction of sp³-hybridized carbons (Fsp3) is 0.222. The highest BCUT2D eigenvalue weighted by atomic mass is 16.4. The first-order valence-electron chi connectivity index (χ1n) is 7.02. The molecule has 0 saturated carbocycles. The Bertz CT molecular complexity index is 527. The van der Waals surface area contributed by atoms with Gasteiger partial charge in [0.2, 0.25) is 0 Å². The van der Waals surface area contributed by atoms with E-state index in [1.165, 1.54) is 0 Å². The third-order valence-corrected chi connectivity index (χ3v) is 2.63. The summed E-state index contributed by atoms with van der Waals surface area (Å²) in [6.07, 6.45) is 8.78. The van der Waals surface area contributed by atoms with Gasteiger partial charge in [-0.1, -0.05) is 68.5 Å². The molecule has 0 atom stereocenters. The van der Waals surface area contributed by atoms with E-state index in [1.807, 2.05) is 36.4 Å². The van der Waals surface area contributed by atoms with Gasteiger partial charge in [0.25, 0.3) is 0 Å². The predicted molar refractivity (Wildman–Crippen MR) is 88.6 cm³/mol. The summed E-state index contributed by atoms with van der Waals surface area (Å²) in [5.74, 6) is -1.80. The van der Waals surface area contributed by atoms with Gasteiger partial charge >= 0.3 is 11.9 Å². The maximum atomic E-state index is 10.9. The second-order valence-corrected chi connectivity index (χ2v) is 4.41. The molecule has 0 bridgehead atoms. The van der Waals surface area contributed by atoms with Crippen LogP contribution in [0.15, 0.2) is 60.7 Å². The first kappa shape index (κ1) is 19.4. The lowest BCUT2D eigenvalue weighted by Gasteiger charge is -1.98. The second-order valence-electron chi connectivity index (χ2n) is 4.41. The highest BCUT2D eigenvalue weighted by Gasteiger charge is 2.04. The number of carboxylic acid groups (broad SMARTS) is 2. The molecule has 0 heterocycles. The van der Waals surface area contributed by atoms with Crippen LogP contribution in [-0.4, -0.2) is 22.2 Å². The highest BCUT2D eigenvalue weighted by Crippen LogP contribution is 2.09. The summed E-state index contributed by atoms with van der Waals surface area (Å²) < 4.78 is 0. The zero-order chi connectivity index (χ0) is 16.8. The Morgan fingerprint density at radius 1 is 1.18 bits per heavy atom. The van der Waals surface area contributed by atoms with Gasteiger partial charge in [-0.05, 0) is 18.4 Å². The van der Waals surface area contributed by atoms with Crippen molar-refractivity contribution < 1.29 is 19.8 Å². The fourth-order valence-electron chi connectivity index (χ4n) is 1.47. The molecule has 0 saturated heterocycles. The first-order chi connectivity index (χ1) is 10.5. The first-order valence-corrected chi connectivity index (χ1v) is 7.02. The van der Waals surface area contributed by atoms with Crippen molar-refractivity contribution in [2.45, 2.75) is 26.2 Å². The van der Waals surface area contributed by atoms with E-state index in [9.17, 15) is 9.59 Å². The van der Waals surface area contributed by atoms with Gasteiger partial charge in [-0.2, -0.15) is 0 Å². The standard InChI is InChI=1S/C15H18O2.C3H4O2/c1-2-3-11-14(15(16)17)12-7-10-13-8-5-4-6-9-13;1-2-3(4)5/h4-10,12H,2-3,11H2,1H3,(H,16,17);2H,1H2,(H,4,5). The van der Waals surface area contributed by atoms with Crippen LogP contribution < -0.4 is 0 Å². The van der Waals surface area contributed by atoms with E-state index in [0.29, 0.717) is 12.0 Å². The van der Waals surface area contributed by atoms with Gasteiger partial charge in [-0.3, -0.25) is 0 Å². The summed E-state index contributed by atoms with van der Waals surface area (Å²) >= 11 is 0. The number of carboxylic acids is 2. The maximum absolute atomic E-state index is 10.9. The number of allylic oxidation sites excluding steroid dienone is 2. The summed E-state index contributed by atoms with van der Waals surface area (Å²) in [6, 6.07) is 9.84. The van der Waals surface area contributed by atoms with Gasteiger partial charge in [0.05, 0.1) is 0 Å². The van der Waals surface area contributed by atoms with E-state index in [2.05, 4.69) is 13.5 Å². The van der Waals surface area contributed by atoms with Gasteiger partial charge in [-0.25, -0.2) is 9.59 Å². The average Bonchev–Trinajstić information content (AvgIpc) is 2.52. The monoisotopic (exact) mass is 302 g/mol. The molecule has 0 aromatic heterocycles. The van der Waals surface area contributed by atoms with E-state index in [1.54, 1.807) is 12.2 Å². The van der Waals surface area contributed by atoms with E-state index in [0.717, 1.165) is 24.5 Å². The lowest BCUT2D eigenvalue weighted by molar-refractivity contribution is -0.133. The lowest BCUT2D eigenvalue weighted by atomic mass is 10.1. The molecule has 0 aliphatic heterocycles. The normalized spacial score (nSPS) is 10.7. The van der Waals surface area contributed by atoms with Crippen LogP contribution in [0, 0.1) is 0 Å². The molecule has 118 valence electrons. The number of benzene rings is 1. The quantitative estimate of drug-likeness (QED) is 0.586. The average molecular weight is 302 g/mol. The molecule has 4 nitrogen and oxygen atoms in total. The number of carbonyl (C=O) groups is 2. The van der Waals surface area contributed by atoms with Crippen molar-refractivity contribution in [3.8, 4) is 0 Å². The van der Waals surface area contributed by atoms with Crippen LogP contribution in [0.3, 0.4) is 0 Å². The predicted octanol–water partition coefficient (Wildman–Crippen LogP) is 4.16. The van der Waals surface area contributed by atoms with Crippen molar-refractivity contribution in [3.05, 3.63) is 66.3 Å². The zero-order valence-electron chi connectivity index (χ0n) is 12.7. The van der Waals surface area contributed by atoms with Crippen LogP contribution in [-0.2, 0) is 9.59 Å². The Labute approximate surface area is 131 Å². The molecular weight excluding hydrogens is 280 g/mol. The number of rotatable bonds is 7. The maximum Gasteiger partial charge on any atom is 0.331 e. The summed E-state index contributed by atoms with van der Waals surface area (Å²) in [6.45, 7) is 5.02. The molecule has 2 N–H and O–H groups in total. The number of hydrogen-bond donors (Lipinski definition) is 2. The van der Waals surface area contributed by atoms with Crippen molar-refractivity contribution >= 4 is 18.0 Å². The van der Waals surface area contributed by atoms with E-state index in [4.69, 9.17) is 10.2 Å². The van der Waals surface area contributed by atoms with Gasteiger partial charge in [0.15, 0.2) is 0 Å². The Morgan fingerprint density at radius 2 is 1.77 bits per heavy atom. The molecule has 0 radical (unpaired) electrons. The smallest absolute Gasteiger partial charge is 0.331 e. The van der Waals surface area contributed by atoms with Crippen molar-refractivity contribution in [2.24, 2.45) is 0 Å². The Balaban J connectivity index is 0.000000763. The van der Waals surface area contributed by atoms with E-state index < -0.39 is 11.9 Å². The topological polar surface area (TPSA) is 74.6 Å². The van der Waals surface area contributed by atoms with Crippen LogP contribution in [0.4, 0.5) is 0 Å². The minimum absolute atomic E-state index is 0.471. The summed E-state index contributed by atoms with van der Waals surface area (Å²) in [4.78, 5) is 20.2. The number of hydrogen-bond acceptors (Lipinski definition) is 2. The van der Waals surface area contributed by atoms with Crippen molar-refractivity contribution in [2.75, 3.05) is 0 Å². The molecule has 1 rings (SSSR count). The largest absolute Gasteiger partial charge is 0.478 e. The second kappa shape index (κ2) is 12.1. The molecule has 0 spiro atoms. The summed E-state index contributed by atoms with van der Waals surface area (Å²) in [5.41, 5.74) is 1.54.